The molecule has 0 bridgehead atoms. The van der Waals surface area contributed by atoms with Gasteiger partial charge in [-0.25, -0.2) is 4.79 Å². The highest BCUT2D eigenvalue weighted by Gasteiger charge is 2.17. The first-order chi connectivity index (χ1) is 14.9. The van der Waals surface area contributed by atoms with Crippen LogP contribution < -0.4 is 10.6 Å². The average molecular weight is 417 g/mol. The third-order valence-electron chi connectivity index (χ3n) is 4.57. The van der Waals surface area contributed by atoms with Gasteiger partial charge < -0.3 is 15.4 Å². The molecule has 31 heavy (non-hydrogen) atoms. The Labute approximate surface area is 180 Å². The Hall–Kier alpha value is -4.00. The molecule has 2 amide bonds. The Morgan fingerprint density at radius 2 is 1.68 bits per heavy atom. The van der Waals surface area contributed by atoms with E-state index in [-0.39, 0.29) is 17.5 Å². The Kier molecular flexibility index (Phi) is 7.11. The lowest BCUT2D eigenvalue weighted by atomic mass is 10.1. The molecule has 2 N–H and O–H groups in total. The maximum Gasteiger partial charge on any atom is 0.340 e. The Bertz CT molecular complexity index is 1070. The van der Waals surface area contributed by atoms with E-state index in [0.717, 1.165) is 11.3 Å². The second kappa shape index (κ2) is 10.2. The van der Waals surface area contributed by atoms with Gasteiger partial charge in [-0.3, -0.25) is 14.6 Å². The molecule has 7 heteroatoms. The van der Waals surface area contributed by atoms with Crippen molar-refractivity contribution in [3.8, 4) is 0 Å². The number of nitrogens with zero attached hydrogens (tertiary/aromatic N) is 1. The number of esters is 1. The highest BCUT2D eigenvalue weighted by molar-refractivity contribution is 6.04. The molecule has 1 aromatic heterocycles. The monoisotopic (exact) mass is 417 g/mol. The smallest absolute Gasteiger partial charge is 0.340 e. The van der Waals surface area contributed by atoms with Gasteiger partial charge in [0.1, 0.15) is 0 Å². The summed E-state index contributed by atoms with van der Waals surface area (Å²) in [6.07, 6.45) is 1.39. The van der Waals surface area contributed by atoms with Crippen LogP contribution in [0.2, 0.25) is 0 Å². The predicted octanol–water partition coefficient (Wildman–Crippen LogP) is 3.68. The molecule has 0 saturated carbocycles. The number of rotatable bonds is 7. The van der Waals surface area contributed by atoms with E-state index in [1.165, 1.54) is 6.20 Å². The Morgan fingerprint density at radius 1 is 0.968 bits per heavy atom. The molecule has 0 saturated heterocycles. The summed E-state index contributed by atoms with van der Waals surface area (Å²) < 4.78 is 5.03. The topological polar surface area (TPSA) is 97.4 Å². The van der Waals surface area contributed by atoms with Crippen LogP contribution in [0.3, 0.4) is 0 Å². The third-order valence-corrected chi connectivity index (χ3v) is 4.57. The van der Waals surface area contributed by atoms with Crippen LogP contribution in [-0.4, -0.2) is 29.4 Å². The first kappa shape index (κ1) is 21.7. The standard InChI is InChI=1S/C24H23N3O4/c1-16-12-13-19(14-25-16)24(30)31-15-22(28)27-21-11-7-6-10-20(21)23(29)26-17(2)18-8-4-3-5-9-18/h3-14,17H,15H2,1-2H3,(H,26,29)(H,27,28). The van der Waals surface area contributed by atoms with Crippen LogP contribution in [0.1, 0.15) is 44.9 Å². The molecular formula is C24H23N3O4. The molecular weight excluding hydrogens is 394 g/mol. The number of aromatic nitrogens is 1. The lowest BCUT2D eigenvalue weighted by Gasteiger charge is -2.16. The Morgan fingerprint density at radius 3 is 2.39 bits per heavy atom. The van der Waals surface area contributed by atoms with Gasteiger partial charge in [0.25, 0.3) is 11.8 Å². The van der Waals surface area contributed by atoms with Gasteiger partial charge in [-0.2, -0.15) is 0 Å². The second-order valence-electron chi connectivity index (χ2n) is 6.96. The lowest BCUT2D eigenvalue weighted by molar-refractivity contribution is -0.119. The molecule has 0 radical (unpaired) electrons. The quantitative estimate of drug-likeness (QED) is 0.572. The zero-order chi connectivity index (χ0) is 22.2. The minimum atomic E-state index is -0.648. The fourth-order valence-corrected chi connectivity index (χ4v) is 2.88. The number of anilines is 1. The van der Waals surface area contributed by atoms with Gasteiger partial charge in [-0.15, -0.1) is 0 Å². The van der Waals surface area contributed by atoms with Crippen LogP contribution in [0.5, 0.6) is 0 Å². The number of ether oxygens (including phenoxy) is 1. The van der Waals surface area contributed by atoms with E-state index >= 15 is 0 Å². The van der Waals surface area contributed by atoms with Crippen LogP contribution in [-0.2, 0) is 9.53 Å². The number of carbonyl (C=O) groups excluding carboxylic acids is 3. The van der Waals surface area contributed by atoms with Crippen molar-refractivity contribution < 1.29 is 19.1 Å². The van der Waals surface area contributed by atoms with Crippen molar-refractivity contribution in [1.82, 2.24) is 10.3 Å². The molecule has 158 valence electrons. The second-order valence-corrected chi connectivity index (χ2v) is 6.96. The summed E-state index contributed by atoms with van der Waals surface area (Å²) in [4.78, 5) is 41.1. The molecule has 7 nitrogen and oxygen atoms in total. The number of pyridine rings is 1. The van der Waals surface area contributed by atoms with Gasteiger partial charge in [0.2, 0.25) is 0 Å². The van der Waals surface area contributed by atoms with Crippen LogP contribution in [0.15, 0.2) is 72.9 Å². The van der Waals surface area contributed by atoms with Crippen molar-refractivity contribution in [2.75, 3.05) is 11.9 Å². The number of hydrogen-bond donors (Lipinski definition) is 2. The normalized spacial score (nSPS) is 11.3. The van der Waals surface area contributed by atoms with Crippen molar-refractivity contribution >= 4 is 23.5 Å². The van der Waals surface area contributed by atoms with E-state index in [1.807, 2.05) is 37.3 Å². The van der Waals surface area contributed by atoms with E-state index in [2.05, 4.69) is 15.6 Å². The van der Waals surface area contributed by atoms with Gasteiger partial charge in [-0.1, -0.05) is 42.5 Å². The minimum Gasteiger partial charge on any atom is -0.452 e. The summed E-state index contributed by atoms with van der Waals surface area (Å²) in [7, 11) is 0. The molecule has 1 atom stereocenters. The summed E-state index contributed by atoms with van der Waals surface area (Å²) in [5, 5.41) is 5.55. The van der Waals surface area contributed by atoms with E-state index in [0.29, 0.717) is 11.3 Å². The molecule has 0 spiro atoms. The van der Waals surface area contributed by atoms with Crippen LogP contribution >= 0.6 is 0 Å². The molecule has 3 aromatic rings. The molecule has 1 heterocycles. The van der Waals surface area contributed by atoms with E-state index < -0.39 is 18.5 Å². The van der Waals surface area contributed by atoms with Gasteiger partial charge >= 0.3 is 5.97 Å². The van der Waals surface area contributed by atoms with Crippen molar-refractivity contribution in [2.24, 2.45) is 0 Å². The van der Waals surface area contributed by atoms with E-state index in [4.69, 9.17) is 4.74 Å². The van der Waals surface area contributed by atoms with Crippen LogP contribution in [0.25, 0.3) is 0 Å². The van der Waals surface area contributed by atoms with Crippen molar-refractivity contribution in [1.29, 1.82) is 0 Å². The number of hydrogen-bond acceptors (Lipinski definition) is 5. The number of carbonyl (C=O) groups is 3. The number of para-hydroxylation sites is 1. The molecule has 1 unspecified atom stereocenters. The van der Waals surface area contributed by atoms with Crippen molar-refractivity contribution in [2.45, 2.75) is 19.9 Å². The van der Waals surface area contributed by atoms with Crippen molar-refractivity contribution in [3.63, 3.8) is 0 Å². The molecule has 2 aromatic carbocycles. The third kappa shape index (κ3) is 5.99. The largest absolute Gasteiger partial charge is 0.452 e. The zero-order valence-corrected chi connectivity index (χ0v) is 17.3. The van der Waals surface area contributed by atoms with E-state index in [1.54, 1.807) is 43.3 Å². The summed E-state index contributed by atoms with van der Waals surface area (Å²) in [6, 6.07) is 19.3. The Balaban J connectivity index is 1.60. The summed E-state index contributed by atoms with van der Waals surface area (Å²) in [6.45, 7) is 3.20. The van der Waals surface area contributed by atoms with Gasteiger partial charge in [0, 0.05) is 11.9 Å². The molecule has 0 fully saturated rings. The average Bonchev–Trinajstić information content (AvgIpc) is 2.79. The lowest BCUT2D eigenvalue weighted by Crippen LogP contribution is -2.28. The van der Waals surface area contributed by atoms with Crippen LogP contribution in [0, 0.1) is 6.92 Å². The first-order valence-electron chi connectivity index (χ1n) is 9.78. The molecule has 0 aliphatic carbocycles. The van der Waals surface area contributed by atoms with E-state index in [9.17, 15) is 14.4 Å². The predicted molar refractivity (Wildman–Crippen MR) is 117 cm³/mol. The summed E-state index contributed by atoms with van der Waals surface area (Å²) >= 11 is 0. The molecule has 3 rings (SSSR count). The first-order valence-corrected chi connectivity index (χ1v) is 9.78. The molecule has 0 aliphatic rings. The highest BCUT2D eigenvalue weighted by atomic mass is 16.5. The number of benzene rings is 2. The number of nitrogens with one attached hydrogen (secondary N) is 2. The van der Waals surface area contributed by atoms with Crippen molar-refractivity contribution in [3.05, 3.63) is 95.3 Å². The minimum absolute atomic E-state index is 0.207. The maximum atomic E-state index is 12.8. The van der Waals surface area contributed by atoms with Crippen LogP contribution in [0.4, 0.5) is 5.69 Å². The number of aryl methyl sites for hydroxylation is 1. The SMILES string of the molecule is Cc1ccc(C(=O)OCC(=O)Nc2ccccc2C(=O)NC(C)c2ccccc2)cn1. The summed E-state index contributed by atoms with van der Waals surface area (Å²) in [5.41, 5.74) is 2.64. The maximum absolute atomic E-state index is 12.8. The fraction of sp³-hybridized carbons (Fsp3) is 0.167. The summed E-state index contributed by atoms with van der Waals surface area (Å²) in [5.74, 6) is -1.52. The van der Waals surface area contributed by atoms with Gasteiger partial charge in [0.15, 0.2) is 6.61 Å². The fourth-order valence-electron chi connectivity index (χ4n) is 2.88. The van der Waals surface area contributed by atoms with Gasteiger partial charge in [0.05, 0.1) is 22.9 Å². The highest BCUT2D eigenvalue weighted by Crippen LogP contribution is 2.18. The zero-order valence-electron chi connectivity index (χ0n) is 17.3. The van der Waals surface area contributed by atoms with Gasteiger partial charge in [-0.05, 0) is 43.7 Å². The molecule has 0 aliphatic heterocycles. The number of amides is 2.